The predicted octanol–water partition coefficient (Wildman–Crippen LogP) is 2.37. The first-order valence-corrected chi connectivity index (χ1v) is 7.74. The number of carbonyl (C=O) groups is 2. The van der Waals surface area contributed by atoms with E-state index in [2.05, 4.69) is 10.6 Å². The number of amides is 2. The molecule has 2 rings (SSSR count). The Labute approximate surface area is 132 Å². The summed E-state index contributed by atoms with van der Waals surface area (Å²) in [5, 5.41) is 6.11. The maximum atomic E-state index is 12.7. The van der Waals surface area contributed by atoms with E-state index in [1.807, 2.05) is 46.8 Å². The third-order valence-corrected chi connectivity index (χ3v) is 4.00. The lowest BCUT2D eigenvalue weighted by Gasteiger charge is -2.40. The summed E-state index contributed by atoms with van der Waals surface area (Å²) in [6, 6.07) is 4.01. The molecule has 2 N–H and O–H groups in total. The quantitative estimate of drug-likeness (QED) is 0.897. The molecule has 5 heteroatoms. The number of anilines is 2. The van der Waals surface area contributed by atoms with Crippen LogP contribution in [0.4, 0.5) is 11.4 Å². The number of nitrogens with one attached hydrogen (secondary N) is 2. The van der Waals surface area contributed by atoms with Gasteiger partial charge in [0.05, 0.1) is 11.4 Å². The fourth-order valence-electron chi connectivity index (χ4n) is 2.58. The highest BCUT2D eigenvalue weighted by atomic mass is 16.2. The van der Waals surface area contributed by atoms with Gasteiger partial charge in [0.2, 0.25) is 5.91 Å². The Hall–Kier alpha value is -2.04. The predicted molar refractivity (Wildman–Crippen MR) is 89.3 cm³/mol. The minimum absolute atomic E-state index is 0.0550. The number of fused-ring (bicyclic) bond motifs is 1. The molecule has 5 nitrogen and oxygen atoms in total. The Morgan fingerprint density at radius 1 is 1.27 bits per heavy atom. The van der Waals surface area contributed by atoms with E-state index in [0.717, 1.165) is 28.9 Å². The van der Waals surface area contributed by atoms with E-state index in [1.54, 1.807) is 4.90 Å². The molecular weight excluding hydrogens is 278 g/mol. The zero-order valence-electron chi connectivity index (χ0n) is 14.0. The summed E-state index contributed by atoms with van der Waals surface area (Å²) in [5.41, 5.74) is 3.22. The molecule has 1 aliphatic heterocycles. The minimum atomic E-state index is -0.722. The summed E-state index contributed by atoms with van der Waals surface area (Å²) in [6.45, 7) is 10.4. The van der Waals surface area contributed by atoms with Crippen LogP contribution in [0.2, 0.25) is 0 Å². The first-order valence-electron chi connectivity index (χ1n) is 7.74. The lowest BCUT2D eigenvalue weighted by Crippen LogP contribution is -2.56. The molecule has 120 valence electrons. The lowest BCUT2D eigenvalue weighted by molar-refractivity contribution is -0.125. The van der Waals surface area contributed by atoms with Crippen molar-refractivity contribution in [2.75, 3.05) is 23.3 Å². The molecule has 1 aromatic rings. The minimum Gasteiger partial charge on any atom is -0.370 e. The average Bonchev–Trinajstić information content (AvgIpc) is 2.44. The van der Waals surface area contributed by atoms with Crippen LogP contribution in [0.5, 0.6) is 0 Å². The van der Waals surface area contributed by atoms with Gasteiger partial charge < -0.3 is 10.6 Å². The SMILES string of the molecule is CCCNC(=O)CN1C(=O)C(C)(C)Nc2cc(C)c(C)cc21. The van der Waals surface area contributed by atoms with Gasteiger partial charge >= 0.3 is 0 Å². The molecule has 1 heterocycles. The van der Waals surface area contributed by atoms with E-state index in [-0.39, 0.29) is 18.4 Å². The Morgan fingerprint density at radius 3 is 2.55 bits per heavy atom. The molecule has 0 unspecified atom stereocenters. The molecule has 0 radical (unpaired) electrons. The number of benzene rings is 1. The first-order chi connectivity index (χ1) is 10.3. The van der Waals surface area contributed by atoms with Gasteiger partial charge in [-0.3, -0.25) is 14.5 Å². The van der Waals surface area contributed by atoms with Gasteiger partial charge in [-0.1, -0.05) is 6.92 Å². The van der Waals surface area contributed by atoms with Gasteiger partial charge in [-0.2, -0.15) is 0 Å². The van der Waals surface area contributed by atoms with Crippen LogP contribution in [-0.2, 0) is 9.59 Å². The third-order valence-electron chi connectivity index (χ3n) is 4.00. The van der Waals surface area contributed by atoms with Gasteiger partial charge in [0.15, 0.2) is 0 Å². The van der Waals surface area contributed by atoms with E-state index in [0.29, 0.717) is 6.54 Å². The molecule has 0 bridgehead atoms. The fraction of sp³-hybridized carbons (Fsp3) is 0.529. The van der Waals surface area contributed by atoms with Gasteiger partial charge in [0.1, 0.15) is 12.1 Å². The Balaban J connectivity index is 2.37. The van der Waals surface area contributed by atoms with Crippen LogP contribution in [0, 0.1) is 13.8 Å². The average molecular weight is 303 g/mol. The standard InChI is InChI=1S/C17H25N3O2/c1-6-7-18-15(21)10-20-14-9-12(3)11(2)8-13(14)19-17(4,5)16(20)22/h8-9,19H,6-7,10H2,1-5H3,(H,18,21). The van der Waals surface area contributed by atoms with E-state index >= 15 is 0 Å². The molecule has 0 aromatic heterocycles. The topological polar surface area (TPSA) is 61.4 Å². The molecule has 0 atom stereocenters. The molecule has 2 amide bonds. The monoisotopic (exact) mass is 303 g/mol. The smallest absolute Gasteiger partial charge is 0.252 e. The van der Waals surface area contributed by atoms with Crippen LogP contribution in [-0.4, -0.2) is 30.4 Å². The number of hydrogen-bond acceptors (Lipinski definition) is 3. The van der Waals surface area contributed by atoms with Crippen LogP contribution < -0.4 is 15.5 Å². The van der Waals surface area contributed by atoms with Crippen molar-refractivity contribution in [3.8, 4) is 0 Å². The number of carbonyl (C=O) groups excluding carboxylic acids is 2. The van der Waals surface area contributed by atoms with Gasteiger partial charge in [-0.25, -0.2) is 0 Å². The fourth-order valence-corrected chi connectivity index (χ4v) is 2.58. The number of nitrogens with zero attached hydrogens (tertiary/aromatic N) is 1. The van der Waals surface area contributed by atoms with Crippen molar-refractivity contribution < 1.29 is 9.59 Å². The maximum absolute atomic E-state index is 12.7. The van der Waals surface area contributed by atoms with Crippen molar-refractivity contribution in [3.05, 3.63) is 23.3 Å². The molecule has 1 aliphatic rings. The van der Waals surface area contributed by atoms with Gasteiger partial charge in [-0.05, 0) is 57.4 Å². The van der Waals surface area contributed by atoms with E-state index in [1.165, 1.54) is 0 Å². The molecular formula is C17H25N3O2. The van der Waals surface area contributed by atoms with Crippen LogP contribution in [0.25, 0.3) is 0 Å². The molecule has 1 aromatic carbocycles. The maximum Gasteiger partial charge on any atom is 0.252 e. The summed E-state index contributed by atoms with van der Waals surface area (Å²) < 4.78 is 0. The first kappa shape index (κ1) is 16.3. The summed E-state index contributed by atoms with van der Waals surface area (Å²) in [5.74, 6) is -0.216. The largest absolute Gasteiger partial charge is 0.370 e. The van der Waals surface area contributed by atoms with E-state index in [4.69, 9.17) is 0 Å². The highest BCUT2D eigenvalue weighted by Gasteiger charge is 2.39. The molecule has 22 heavy (non-hydrogen) atoms. The summed E-state index contributed by atoms with van der Waals surface area (Å²) in [6.07, 6.45) is 0.877. The zero-order chi connectivity index (χ0) is 16.5. The van der Waals surface area contributed by atoms with Crippen molar-refractivity contribution in [2.45, 2.75) is 46.6 Å². The second-order valence-corrected chi connectivity index (χ2v) is 6.44. The molecule has 0 saturated heterocycles. The van der Waals surface area contributed by atoms with Gasteiger partial charge in [0, 0.05) is 6.54 Å². The normalized spacial score (nSPS) is 16.0. The summed E-state index contributed by atoms with van der Waals surface area (Å²) in [7, 11) is 0. The summed E-state index contributed by atoms with van der Waals surface area (Å²) in [4.78, 5) is 26.3. The molecule has 0 aliphatic carbocycles. The van der Waals surface area contributed by atoms with Gasteiger partial charge in [0.25, 0.3) is 5.91 Å². The van der Waals surface area contributed by atoms with E-state index in [9.17, 15) is 9.59 Å². The van der Waals surface area contributed by atoms with Crippen molar-refractivity contribution in [2.24, 2.45) is 0 Å². The third kappa shape index (κ3) is 3.08. The van der Waals surface area contributed by atoms with E-state index < -0.39 is 5.54 Å². The Morgan fingerprint density at radius 2 is 1.91 bits per heavy atom. The molecule has 0 saturated carbocycles. The van der Waals surface area contributed by atoms with Crippen LogP contribution >= 0.6 is 0 Å². The van der Waals surface area contributed by atoms with Crippen LogP contribution in [0.15, 0.2) is 12.1 Å². The van der Waals surface area contributed by atoms with Crippen molar-refractivity contribution in [3.63, 3.8) is 0 Å². The molecule has 0 fully saturated rings. The molecule has 0 spiro atoms. The van der Waals surface area contributed by atoms with Crippen LogP contribution in [0.3, 0.4) is 0 Å². The Bertz CT molecular complexity index is 608. The highest BCUT2D eigenvalue weighted by molar-refractivity contribution is 6.10. The van der Waals surface area contributed by atoms with Crippen molar-refractivity contribution in [1.82, 2.24) is 5.32 Å². The zero-order valence-corrected chi connectivity index (χ0v) is 14.0. The number of hydrogen-bond donors (Lipinski definition) is 2. The van der Waals surface area contributed by atoms with Crippen molar-refractivity contribution in [1.29, 1.82) is 0 Å². The second-order valence-electron chi connectivity index (χ2n) is 6.44. The second kappa shape index (κ2) is 5.99. The van der Waals surface area contributed by atoms with Gasteiger partial charge in [-0.15, -0.1) is 0 Å². The number of rotatable bonds is 4. The highest BCUT2D eigenvalue weighted by Crippen LogP contribution is 2.37. The Kier molecular flexibility index (Phi) is 4.44. The van der Waals surface area contributed by atoms with Crippen LogP contribution in [0.1, 0.15) is 38.3 Å². The lowest BCUT2D eigenvalue weighted by atomic mass is 9.96. The summed E-state index contributed by atoms with van der Waals surface area (Å²) >= 11 is 0. The van der Waals surface area contributed by atoms with Crippen molar-refractivity contribution >= 4 is 23.2 Å². The number of aryl methyl sites for hydroxylation is 2.